The van der Waals surface area contributed by atoms with Gasteiger partial charge in [0.1, 0.15) is 4.21 Å². The Morgan fingerprint density at radius 2 is 1.69 bits per heavy atom. The highest BCUT2D eigenvalue weighted by atomic mass is 32.2. The third-order valence-corrected chi connectivity index (χ3v) is 7.66. The van der Waals surface area contributed by atoms with Crippen molar-refractivity contribution in [2.45, 2.75) is 57.7 Å². The molecule has 29 heavy (non-hydrogen) atoms. The molecule has 1 heterocycles. The van der Waals surface area contributed by atoms with E-state index in [0.717, 1.165) is 16.9 Å². The van der Waals surface area contributed by atoms with Gasteiger partial charge >= 0.3 is 0 Å². The van der Waals surface area contributed by atoms with Gasteiger partial charge in [-0.3, -0.25) is 4.79 Å². The zero-order valence-corrected chi connectivity index (χ0v) is 19.5. The summed E-state index contributed by atoms with van der Waals surface area (Å²) in [6, 6.07) is 11.4. The number of amides is 1. The maximum atomic E-state index is 13.0. The molecule has 1 amide bonds. The van der Waals surface area contributed by atoms with Gasteiger partial charge in [0.2, 0.25) is 5.91 Å². The molecule has 1 atom stereocenters. The van der Waals surface area contributed by atoms with Crippen molar-refractivity contribution in [3.63, 3.8) is 0 Å². The lowest BCUT2D eigenvalue weighted by atomic mass is 9.94. The van der Waals surface area contributed by atoms with E-state index in [1.807, 2.05) is 32.0 Å². The van der Waals surface area contributed by atoms with Crippen LogP contribution in [0.3, 0.4) is 0 Å². The van der Waals surface area contributed by atoms with Crippen molar-refractivity contribution in [1.29, 1.82) is 0 Å². The van der Waals surface area contributed by atoms with Gasteiger partial charge in [0.15, 0.2) is 0 Å². The van der Waals surface area contributed by atoms with E-state index in [1.165, 1.54) is 23.8 Å². The minimum absolute atomic E-state index is 0.0877. The summed E-state index contributed by atoms with van der Waals surface area (Å²) in [7, 11) is -3.62. The highest BCUT2D eigenvalue weighted by Gasteiger charge is 2.25. The van der Waals surface area contributed by atoms with Crippen LogP contribution in [0.1, 0.15) is 56.7 Å². The molecule has 0 aliphatic carbocycles. The molecule has 0 fully saturated rings. The lowest BCUT2D eigenvalue weighted by Gasteiger charge is -2.23. The van der Waals surface area contributed by atoms with Crippen molar-refractivity contribution >= 4 is 27.3 Å². The number of benzene rings is 1. The molecule has 1 aromatic heterocycles. The molecule has 0 aliphatic heterocycles. The second-order valence-electron chi connectivity index (χ2n) is 8.14. The maximum Gasteiger partial charge on any atom is 0.250 e. The zero-order valence-electron chi connectivity index (χ0n) is 17.9. The van der Waals surface area contributed by atoms with Crippen molar-refractivity contribution < 1.29 is 13.2 Å². The van der Waals surface area contributed by atoms with Gasteiger partial charge < -0.3 is 5.32 Å². The molecule has 0 spiro atoms. The zero-order chi connectivity index (χ0) is 21.6. The van der Waals surface area contributed by atoms with E-state index in [1.54, 1.807) is 6.07 Å². The molecule has 0 saturated carbocycles. The Kier molecular flexibility index (Phi) is 8.43. The van der Waals surface area contributed by atoms with Crippen LogP contribution in [0.2, 0.25) is 0 Å². The number of carbonyl (C=O) groups is 1. The first kappa shape index (κ1) is 23.6. The molecule has 1 aromatic carbocycles. The summed E-state index contributed by atoms with van der Waals surface area (Å²) >= 11 is 1.25. The van der Waals surface area contributed by atoms with E-state index in [9.17, 15) is 13.2 Å². The summed E-state index contributed by atoms with van der Waals surface area (Å²) in [5, 5.41) is 2.73. The third kappa shape index (κ3) is 7.24. The molecule has 5 nitrogen and oxygen atoms in total. The summed E-state index contributed by atoms with van der Waals surface area (Å²) in [6.07, 6.45) is 1.62. The lowest BCUT2D eigenvalue weighted by Crippen LogP contribution is -2.31. The average Bonchev–Trinajstić information content (AvgIpc) is 3.09. The summed E-state index contributed by atoms with van der Waals surface area (Å²) in [4.78, 5) is 11.9. The van der Waals surface area contributed by atoms with E-state index in [2.05, 4.69) is 36.0 Å². The van der Waals surface area contributed by atoms with Crippen LogP contribution in [0, 0.1) is 11.8 Å². The van der Waals surface area contributed by atoms with E-state index in [-0.39, 0.29) is 17.9 Å². The highest BCUT2D eigenvalue weighted by Crippen LogP contribution is 2.28. The number of hydrogen-bond acceptors (Lipinski definition) is 4. The predicted octanol–water partition coefficient (Wildman–Crippen LogP) is 4.30. The smallest absolute Gasteiger partial charge is 0.250 e. The summed E-state index contributed by atoms with van der Waals surface area (Å²) in [6.45, 7) is 10.4. The van der Waals surface area contributed by atoms with Gasteiger partial charge in [0.25, 0.3) is 10.0 Å². The van der Waals surface area contributed by atoms with E-state index in [0.29, 0.717) is 23.1 Å². The topological polar surface area (TPSA) is 75.3 Å². The van der Waals surface area contributed by atoms with Crippen LogP contribution in [0.4, 0.5) is 0 Å². The third-order valence-electron chi connectivity index (χ3n) is 4.58. The largest absolute Gasteiger partial charge is 0.356 e. The molecule has 1 unspecified atom stereocenters. The number of nitrogens with one attached hydrogen (secondary N) is 2. The molecule has 160 valence electrons. The van der Waals surface area contributed by atoms with Crippen LogP contribution < -0.4 is 10.0 Å². The minimum Gasteiger partial charge on any atom is -0.356 e. The molecule has 0 bridgehead atoms. The Morgan fingerprint density at radius 1 is 1.03 bits per heavy atom. The number of sulfonamides is 1. The Morgan fingerprint density at radius 3 is 2.24 bits per heavy atom. The molecular weight excluding hydrogens is 404 g/mol. The van der Waals surface area contributed by atoms with Crippen molar-refractivity contribution in [1.82, 2.24) is 10.0 Å². The van der Waals surface area contributed by atoms with Gasteiger partial charge in [0.05, 0.1) is 0 Å². The first-order valence-corrected chi connectivity index (χ1v) is 12.3. The Balaban J connectivity index is 2.13. The van der Waals surface area contributed by atoms with Gasteiger partial charge in [-0.25, -0.2) is 13.1 Å². The summed E-state index contributed by atoms with van der Waals surface area (Å²) < 4.78 is 29.1. The predicted molar refractivity (Wildman–Crippen MR) is 120 cm³/mol. The first-order valence-electron chi connectivity index (χ1n) is 10.0. The molecule has 2 N–H and O–H groups in total. The van der Waals surface area contributed by atoms with Crippen LogP contribution in [-0.4, -0.2) is 20.9 Å². The summed E-state index contributed by atoms with van der Waals surface area (Å²) in [5.74, 6) is 0.606. The van der Waals surface area contributed by atoms with Gasteiger partial charge in [-0.2, -0.15) is 0 Å². The molecule has 0 radical (unpaired) electrons. The second kappa shape index (κ2) is 10.4. The molecule has 7 heteroatoms. The van der Waals surface area contributed by atoms with Crippen LogP contribution in [-0.2, 0) is 27.7 Å². The van der Waals surface area contributed by atoms with Gasteiger partial charge in [-0.15, -0.1) is 11.3 Å². The minimum atomic E-state index is -3.62. The molecule has 0 aliphatic rings. The van der Waals surface area contributed by atoms with E-state index >= 15 is 0 Å². The number of hydrogen-bond donors (Lipinski definition) is 2. The van der Waals surface area contributed by atoms with Crippen molar-refractivity contribution in [3.8, 4) is 0 Å². The van der Waals surface area contributed by atoms with Crippen LogP contribution in [0.15, 0.2) is 40.6 Å². The number of thiophene rings is 1. The van der Waals surface area contributed by atoms with Crippen molar-refractivity contribution in [2.75, 3.05) is 6.54 Å². The highest BCUT2D eigenvalue weighted by molar-refractivity contribution is 7.91. The standard InChI is InChI=1S/C22H32N2O3S2/c1-15(2)14-18-6-8-19(9-7-18)22(16(3)4)24-29(26,27)21-11-10-20(28-21)12-13-23-17(5)25/h6-11,15-16,22,24H,12-14H2,1-5H3,(H,23,25). The fraction of sp³-hybridized carbons (Fsp3) is 0.500. The fourth-order valence-corrected chi connectivity index (χ4v) is 5.89. The van der Waals surface area contributed by atoms with Crippen molar-refractivity contribution in [3.05, 3.63) is 52.4 Å². The van der Waals surface area contributed by atoms with Crippen molar-refractivity contribution in [2.24, 2.45) is 11.8 Å². The normalized spacial score (nSPS) is 13.1. The monoisotopic (exact) mass is 436 g/mol. The maximum absolute atomic E-state index is 13.0. The number of carbonyl (C=O) groups excluding carboxylic acids is 1. The van der Waals surface area contributed by atoms with Gasteiger partial charge in [-0.1, -0.05) is 52.0 Å². The Labute approximate surface area is 179 Å². The van der Waals surface area contributed by atoms with E-state index < -0.39 is 10.0 Å². The number of rotatable bonds is 10. The van der Waals surface area contributed by atoms with Gasteiger partial charge in [-0.05, 0) is 47.9 Å². The van der Waals surface area contributed by atoms with Gasteiger partial charge in [0, 0.05) is 24.4 Å². The second-order valence-corrected chi connectivity index (χ2v) is 11.2. The quantitative estimate of drug-likeness (QED) is 0.583. The molecule has 0 saturated heterocycles. The van der Waals surface area contributed by atoms with E-state index in [4.69, 9.17) is 0 Å². The fourth-order valence-electron chi connectivity index (χ4n) is 3.15. The van der Waals surface area contributed by atoms with Crippen LogP contribution in [0.5, 0.6) is 0 Å². The van der Waals surface area contributed by atoms with Crippen LogP contribution in [0.25, 0.3) is 0 Å². The average molecular weight is 437 g/mol. The van der Waals surface area contributed by atoms with Crippen LogP contribution >= 0.6 is 11.3 Å². The summed E-state index contributed by atoms with van der Waals surface area (Å²) in [5.41, 5.74) is 2.23. The molecular formula is C22H32N2O3S2. The SMILES string of the molecule is CC(=O)NCCc1ccc(S(=O)(=O)NC(c2ccc(CC(C)C)cc2)C(C)C)s1. The lowest BCUT2D eigenvalue weighted by molar-refractivity contribution is -0.118. The Hall–Kier alpha value is -1.70. The first-order chi connectivity index (χ1) is 13.6. The molecule has 2 rings (SSSR count). The molecule has 2 aromatic rings. The Bertz CT molecular complexity index is 900.